The van der Waals surface area contributed by atoms with Crippen molar-refractivity contribution < 1.29 is 4.39 Å². The monoisotopic (exact) mass is 355 g/mol. The largest absolute Gasteiger partial charge is 0.324 e. The lowest BCUT2D eigenvalue weighted by Crippen LogP contribution is -2.14. The summed E-state index contributed by atoms with van der Waals surface area (Å²) >= 11 is 2.28. The number of aryl methyl sites for hydroxylation is 1. The molecule has 0 heterocycles. The molecule has 0 radical (unpaired) electrons. The van der Waals surface area contributed by atoms with E-state index in [1.54, 1.807) is 6.07 Å². The van der Waals surface area contributed by atoms with E-state index in [9.17, 15) is 4.39 Å². The predicted molar refractivity (Wildman–Crippen MR) is 80.9 cm³/mol. The van der Waals surface area contributed by atoms with Crippen LogP contribution in [0.5, 0.6) is 0 Å². The molecular formula is C15H15FIN. The van der Waals surface area contributed by atoms with Crippen molar-refractivity contribution in [1.29, 1.82) is 0 Å². The zero-order valence-electron chi connectivity index (χ0n) is 10.2. The summed E-state index contributed by atoms with van der Waals surface area (Å²) < 4.78 is 14.2. The van der Waals surface area contributed by atoms with Crippen molar-refractivity contribution in [2.45, 2.75) is 19.4 Å². The van der Waals surface area contributed by atoms with Crippen molar-refractivity contribution in [2.24, 2.45) is 5.73 Å². The summed E-state index contributed by atoms with van der Waals surface area (Å²) in [5, 5.41) is 0. The number of nitrogens with two attached hydrogens (primary N) is 1. The zero-order chi connectivity index (χ0) is 13.1. The molecule has 94 valence electrons. The standard InChI is InChI=1S/C15H15FIN/c1-10-7-13(16)6-5-11(10)9-15(18)12-3-2-4-14(17)8-12/h2-8,15H,9,18H2,1H3. The maximum atomic E-state index is 13.0. The first-order chi connectivity index (χ1) is 8.56. The average Bonchev–Trinajstić information content (AvgIpc) is 2.32. The summed E-state index contributed by atoms with van der Waals surface area (Å²) in [7, 11) is 0. The minimum atomic E-state index is -0.195. The predicted octanol–water partition coefficient (Wildman–Crippen LogP) is 3.98. The third-order valence-corrected chi connectivity index (χ3v) is 3.69. The molecule has 1 nitrogen and oxygen atoms in total. The maximum Gasteiger partial charge on any atom is 0.123 e. The van der Waals surface area contributed by atoms with E-state index < -0.39 is 0 Å². The molecule has 0 aromatic heterocycles. The minimum absolute atomic E-state index is 0.0520. The number of benzene rings is 2. The van der Waals surface area contributed by atoms with Gasteiger partial charge in [-0.3, -0.25) is 0 Å². The molecule has 2 rings (SSSR count). The Kier molecular flexibility index (Phi) is 4.35. The molecule has 0 aliphatic rings. The average molecular weight is 355 g/mol. The van der Waals surface area contributed by atoms with Crippen molar-refractivity contribution in [3.8, 4) is 0 Å². The highest BCUT2D eigenvalue weighted by atomic mass is 127. The molecule has 0 aliphatic heterocycles. The molecule has 2 N–H and O–H groups in total. The van der Waals surface area contributed by atoms with Crippen LogP contribution in [-0.4, -0.2) is 0 Å². The van der Waals surface area contributed by atoms with Gasteiger partial charge in [-0.15, -0.1) is 0 Å². The normalized spacial score (nSPS) is 12.4. The molecule has 0 spiro atoms. The van der Waals surface area contributed by atoms with Gasteiger partial charge in [0.2, 0.25) is 0 Å². The second-order valence-corrected chi connectivity index (χ2v) is 5.68. The lowest BCUT2D eigenvalue weighted by molar-refractivity contribution is 0.624. The van der Waals surface area contributed by atoms with Crippen LogP contribution < -0.4 is 5.73 Å². The van der Waals surface area contributed by atoms with Crippen LogP contribution in [0.2, 0.25) is 0 Å². The summed E-state index contributed by atoms with van der Waals surface area (Å²) in [5.41, 5.74) is 9.38. The fraction of sp³-hybridized carbons (Fsp3) is 0.200. The Morgan fingerprint density at radius 1 is 1.22 bits per heavy atom. The van der Waals surface area contributed by atoms with Crippen LogP contribution >= 0.6 is 22.6 Å². The highest BCUT2D eigenvalue weighted by molar-refractivity contribution is 14.1. The van der Waals surface area contributed by atoms with Crippen LogP contribution in [0.15, 0.2) is 42.5 Å². The molecule has 0 bridgehead atoms. The highest BCUT2D eigenvalue weighted by Crippen LogP contribution is 2.20. The smallest absolute Gasteiger partial charge is 0.123 e. The summed E-state index contributed by atoms with van der Waals surface area (Å²) in [6.07, 6.45) is 0.728. The zero-order valence-corrected chi connectivity index (χ0v) is 12.3. The molecular weight excluding hydrogens is 340 g/mol. The van der Waals surface area contributed by atoms with Crippen molar-refractivity contribution in [1.82, 2.24) is 0 Å². The first-order valence-corrected chi connectivity index (χ1v) is 6.90. The quantitative estimate of drug-likeness (QED) is 0.829. The lowest BCUT2D eigenvalue weighted by Gasteiger charge is -2.14. The maximum absolute atomic E-state index is 13.0. The summed E-state index contributed by atoms with van der Waals surface area (Å²) in [4.78, 5) is 0. The van der Waals surface area contributed by atoms with Gasteiger partial charge in [0.1, 0.15) is 5.82 Å². The molecule has 2 aromatic rings. The summed E-state index contributed by atoms with van der Waals surface area (Å²) in [6.45, 7) is 1.92. The van der Waals surface area contributed by atoms with Crippen molar-refractivity contribution in [3.63, 3.8) is 0 Å². The Morgan fingerprint density at radius 2 is 2.00 bits per heavy atom. The SMILES string of the molecule is Cc1cc(F)ccc1CC(N)c1cccc(I)c1. The van der Waals surface area contributed by atoms with Crippen LogP contribution in [0.3, 0.4) is 0 Å². The topological polar surface area (TPSA) is 26.0 Å². The lowest BCUT2D eigenvalue weighted by atomic mass is 9.97. The molecule has 0 saturated carbocycles. The Balaban J connectivity index is 2.18. The molecule has 18 heavy (non-hydrogen) atoms. The number of hydrogen-bond donors (Lipinski definition) is 1. The second-order valence-electron chi connectivity index (χ2n) is 4.44. The van der Waals surface area contributed by atoms with Gasteiger partial charge in [0.15, 0.2) is 0 Å². The van der Waals surface area contributed by atoms with Crippen LogP contribution in [0.1, 0.15) is 22.7 Å². The summed E-state index contributed by atoms with van der Waals surface area (Å²) in [5.74, 6) is -0.195. The minimum Gasteiger partial charge on any atom is -0.324 e. The van der Waals surface area contributed by atoms with Gasteiger partial charge in [0.25, 0.3) is 0 Å². The van der Waals surface area contributed by atoms with E-state index in [1.807, 2.05) is 31.2 Å². The molecule has 1 atom stereocenters. The number of rotatable bonds is 3. The Labute approximate surface area is 120 Å². The van der Waals surface area contributed by atoms with Gasteiger partial charge < -0.3 is 5.73 Å². The van der Waals surface area contributed by atoms with Gasteiger partial charge in [-0.2, -0.15) is 0 Å². The molecule has 0 fully saturated rings. The van der Waals surface area contributed by atoms with Crippen molar-refractivity contribution in [3.05, 3.63) is 68.5 Å². The Hall–Kier alpha value is -0.940. The summed E-state index contributed by atoms with van der Waals surface area (Å²) in [6, 6.07) is 13.0. The van der Waals surface area contributed by atoms with Gasteiger partial charge in [0.05, 0.1) is 0 Å². The first kappa shape index (κ1) is 13.5. The fourth-order valence-corrected chi connectivity index (χ4v) is 2.55. The third kappa shape index (κ3) is 3.29. The van der Waals surface area contributed by atoms with E-state index in [0.717, 1.165) is 23.1 Å². The van der Waals surface area contributed by atoms with E-state index in [2.05, 4.69) is 28.7 Å². The van der Waals surface area contributed by atoms with E-state index in [1.165, 1.54) is 9.64 Å². The van der Waals surface area contributed by atoms with Gasteiger partial charge >= 0.3 is 0 Å². The van der Waals surface area contributed by atoms with E-state index in [0.29, 0.717) is 0 Å². The molecule has 0 aliphatic carbocycles. The Bertz CT molecular complexity index is 554. The number of hydrogen-bond acceptors (Lipinski definition) is 1. The van der Waals surface area contributed by atoms with Crippen molar-refractivity contribution >= 4 is 22.6 Å². The van der Waals surface area contributed by atoms with Gasteiger partial charge in [0, 0.05) is 9.61 Å². The highest BCUT2D eigenvalue weighted by Gasteiger charge is 2.09. The molecule has 0 saturated heterocycles. The van der Waals surface area contributed by atoms with E-state index in [4.69, 9.17) is 5.73 Å². The number of halogens is 2. The fourth-order valence-electron chi connectivity index (χ4n) is 1.98. The molecule has 3 heteroatoms. The van der Waals surface area contributed by atoms with Gasteiger partial charge in [-0.25, -0.2) is 4.39 Å². The van der Waals surface area contributed by atoms with Crippen LogP contribution in [0, 0.1) is 16.3 Å². The molecule has 0 amide bonds. The molecule has 2 aromatic carbocycles. The van der Waals surface area contributed by atoms with E-state index in [-0.39, 0.29) is 11.9 Å². The Morgan fingerprint density at radius 3 is 2.67 bits per heavy atom. The van der Waals surface area contributed by atoms with Gasteiger partial charge in [-0.05, 0) is 76.9 Å². The van der Waals surface area contributed by atoms with Crippen molar-refractivity contribution in [2.75, 3.05) is 0 Å². The van der Waals surface area contributed by atoms with Crippen LogP contribution in [0.25, 0.3) is 0 Å². The van der Waals surface area contributed by atoms with E-state index >= 15 is 0 Å². The van der Waals surface area contributed by atoms with Crippen LogP contribution in [0.4, 0.5) is 4.39 Å². The molecule has 1 unspecified atom stereocenters. The van der Waals surface area contributed by atoms with Crippen LogP contribution in [-0.2, 0) is 6.42 Å². The third-order valence-electron chi connectivity index (χ3n) is 3.02. The van der Waals surface area contributed by atoms with Gasteiger partial charge in [-0.1, -0.05) is 18.2 Å². The second kappa shape index (κ2) is 5.80. The first-order valence-electron chi connectivity index (χ1n) is 5.82.